The van der Waals surface area contributed by atoms with Crippen molar-refractivity contribution in [2.24, 2.45) is 5.92 Å². The SMILES string of the molecule is Cc1nc(-c2ccc(N3CCN(C(=O)C4CC4)CC3)cc2)no1. The summed E-state index contributed by atoms with van der Waals surface area (Å²) in [4.78, 5) is 20.7. The monoisotopic (exact) mass is 312 g/mol. The minimum atomic E-state index is 0.319. The third kappa shape index (κ3) is 2.93. The zero-order valence-electron chi connectivity index (χ0n) is 13.2. The van der Waals surface area contributed by atoms with Gasteiger partial charge in [-0.05, 0) is 37.1 Å². The van der Waals surface area contributed by atoms with Crippen LogP contribution in [-0.4, -0.2) is 47.1 Å². The number of nitrogens with zero attached hydrogens (tertiary/aromatic N) is 4. The Hall–Kier alpha value is -2.37. The fraction of sp³-hybridized carbons (Fsp3) is 0.471. The lowest BCUT2D eigenvalue weighted by molar-refractivity contribution is -0.132. The van der Waals surface area contributed by atoms with Crippen LogP contribution in [0.3, 0.4) is 0 Å². The minimum absolute atomic E-state index is 0.319. The van der Waals surface area contributed by atoms with Crippen LogP contribution >= 0.6 is 0 Å². The first-order chi connectivity index (χ1) is 11.2. The fourth-order valence-electron chi connectivity index (χ4n) is 3.01. The van der Waals surface area contributed by atoms with Gasteiger partial charge in [-0.25, -0.2) is 0 Å². The lowest BCUT2D eigenvalue weighted by atomic mass is 10.1. The molecule has 2 aromatic rings. The molecule has 1 aromatic carbocycles. The van der Waals surface area contributed by atoms with E-state index >= 15 is 0 Å². The number of aryl methyl sites for hydroxylation is 1. The molecule has 120 valence electrons. The summed E-state index contributed by atoms with van der Waals surface area (Å²) >= 11 is 0. The number of hydrogen-bond donors (Lipinski definition) is 0. The number of hydrogen-bond acceptors (Lipinski definition) is 5. The number of aromatic nitrogens is 2. The minimum Gasteiger partial charge on any atom is -0.368 e. The summed E-state index contributed by atoms with van der Waals surface area (Å²) < 4.78 is 5.02. The number of benzene rings is 1. The van der Waals surface area contributed by atoms with E-state index in [9.17, 15) is 4.79 Å². The van der Waals surface area contributed by atoms with Gasteiger partial charge in [-0.1, -0.05) is 5.16 Å². The highest BCUT2D eigenvalue weighted by Gasteiger charge is 2.34. The first-order valence-corrected chi connectivity index (χ1v) is 8.15. The Morgan fingerprint density at radius 1 is 1.13 bits per heavy atom. The van der Waals surface area contributed by atoms with Crippen LogP contribution in [0.25, 0.3) is 11.4 Å². The molecule has 0 N–H and O–H groups in total. The van der Waals surface area contributed by atoms with E-state index < -0.39 is 0 Å². The predicted octanol–water partition coefficient (Wildman–Crippen LogP) is 2.10. The van der Waals surface area contributed by atoms with Crippen molar-refractivity contribution in [3.8, 4) is 11.4 Å². The predicted molar refractivity (Wildman–Crippen MR) is 86.0 cm³/mol. The van der Waals surface area contributed by atoms with E-state index in [0.29, 0.717) is 23.5 Å². The van der Waals surface area contributed by atoms with E-state index in [1.807, 2.05) is 17.0 Å². The van der Waals surface area contributed by atoms with Crippen LogP contribution in [0.1, 0.15) is 18.7 Å². The first kappa shape index (κ1) is 14.2. The Morgan fingerprint density at radius 3 is 2.39 bits per heavy atom. The fourth-order valence-corrected chi connectivity index (χ4v) is 3.01. The first-order valence-electron chi connectivity index (χ1n) is 8.15. The molecule has 1 aliphatic carbocycles. The molecule has 6 nitrogen and oxygen atoms in total. The number of anilines is 1. The van der Waals surface area contributed by atoms with Crippen molar-refractivity contribution in [2.45, 2.75) is 19.8 Å². The van der Waals surface area contributed by atoms with Crippen molar-refractivity contribution in [3.63, 3.8) is 0 Å². The van der Waals surface area contributed by atoms with Gasteiger partial charge < -0.3 is 14.3 Å². The number of carbonyl (C=O) groups is 1. The van der Waals surface area contributed by atoms with Gasteiger partial charge in [0.2, 0.25) is 17.6 Å². The summed E-state index contributed by atoms with van der Waals surface area (Å²) in [5.74, 6) is 1.86. The van der Waals surface area contributed by atoms with Gasteiger partial charge in [0.05, 0.1) is 0 Å². The summed E-state index contributed by atoms with van der Waals surface area (Å²) in [5, 5.41) is 3.94. The number of rotatable bonds is 3. The summed E-state index contributed by atoms with van der Waals surface area (Å²) in [6, 6.07) is 8.20. The van der Waals surface area contributed by atoms with E-state index in [1.54, 1.807) is 6.92 Å². The molecule has 23 heavy (non-hydrogen) atoms. The third-order valence-corrected chi connectivity index (χ3v) is 4.54. The Kier molecular flexibility index (Phi) is 3.52. The molecule has 4 rings (SSSR count). The second-order valence-corrected chi connectivity index (χ2v) is 6.27. The van der Waals surface area contributed by atoms with Gasteiger partial charge in [0.1, 0.15) is 0 Å². The van der Waals surface area contributed by atoms with Gasteiger partial charge in [-0.15, -0.1) is 0 Å². The molecule has 0 atom stereocenters. The molecule has 1 amide bonds. The summed E-state index contributed by atoms with van der Waals surface area (Å²) in [6.45, 7) is 5.20. The van der Waals surface area contributed by atoms with Gasteiger partial charge in [0, 0.05) is 50.3 Å². The van der Waals surface area contributed by atoms with Crippen molar-refractivity contribution in [3.05, 3.63) is 30.2 Å². The van der Waals surface area contributed by atoms with Crippen LogP contribution in [0.4, 0.5) is 5.69 Å². The van der Waals surface area contributed by atoms with Crippen LogP contribution in [0.5, 0.6) is 0 Å². The molecule has 1 saturated carbocycles. The number of carbonyl (C=O) groups excluding carboxylic acids is 1. The molecule has 6 heteroatoms. The van der Waals surface area contributed by atoms with Crippen molar-refractivity contribution in [1.29, 1.82) is 0 Å². The molecule has 1 aromatic heterocycles. The highest BCUT2D eigenvalue weighted by atomic mass is 16.5. The van der Waals surface area contributed by atoms with Crippen LogP contribution < -0.4 is 4.90 Å². The van der Waals surface area contributed by atoms with E-state index in [0.717, 1.165) is 44.6 Å². The summed E-state index contributed by atoms with van der Waals surface area (Å²) in [5.41, 5.74) is 2.13. The summed E-state index contributed by atoms with van der Waals surface area (Å²) in [6.07, 6.45) is 2.16. The molecule has 2 fully saturated rings. The standard InChI is InChI=1S/C17H20N4O2/c1-12-18-16(19-23-12)13-4-6-15(7-5-13)20-8-10-21(11-9-20)17(22)14-2-3-14/h4-7,14H,2-3,8-11H2,1H3. The quantitative estimate of drug-likeness (QED) is 0.868. The second kappa shape index (κ2) is 5.68. The van der Waals surface area contributed by atoms with Crippen LogP contribution in [0.15, 0.2) is 28.8 Å². The van der Waals surface area contributed by atoms with Crippen molar-refractivity contribution < 1.29 is 9.32 Å². The number of amides is 1. The number of piperazine rings is 1. The maximum atomic E-state index is 12.1. The topological polar surface area (TPSA) is 62.5 Å². The van der Waals surface area contributed by atoms with Crippen LogP contribution in [0.2, 0.25) is 0 Å². The Morgan fingerprint density at radius 2 is 1.83 bits per heavy atom. The highest BCUT2D eigenvalue weighted by molar-refractivity contribution is 5.81. The molecule has 2 heterocycles. The largest absolute Gasteiger partial charge is 0.368 e. The lowest BCUT2D eigenvalue weighted by Crippen LogP contribution is -2.49. The molecule has 1 aliphatic heterocycles. The second-order valence-electron chi connectivity index (χ2n) is 6.27. The molecule has 2 aliphatic rings. The molecule has 0 spiro atoms. The van der Waals surface area contributed by atoms with E-state index in [-0.39, 0.29) is 0 Å². The van der Waals surface area contributed by atoms with E-state index in [4.69, 9.17) is 4.52 Å². The molecular formula is C17H20N4O2. The smallest absolute Gasteiger partial charge is 0.225 e. The maximum absolute atomic E-state index is 12.1. The maximum Gasteiger partial charge on any atom is 0.225 e. The van der Waals surface area contributed by atoms with Gasteiger partial charge >= 0.3 is 0 Å². The average molecular weight is 312 g/mol. The van der Waals surface area contributed by atoms with Crippen molar-refractivity contribution >= 4 is 11.6 Å². The van der Waals surface area contributed by atoms with Crippen molar-refractivity contribution in [2.75, 3.05) is 31.1 Å². The highest BCUT2D eigenvalue weighted by Crippen LogP contribution is 2.31. The molecule has 0 radical (unpaired) electrons. The van der Waals surface area contributed by atoms with Gasteiger partial charge in [0.15, 0.2) is 0 Å². The zero-order chi connectivity index (χ0) is 15.8. The van der Waals surface area contributed by atoms with E-state index in [1.165, 1.54) is 5.69 Å². The average Bonchev–Trinajstić information content (AvgIpc) is 3.36. The lowest BCUT2D eigenvalue weighted by Gasteiger charge is -2.36. The van der Waals surface area contributed by atoms with E-state index in [2.05, 4.69) is 27.2 Å². The summed E-state index contributed by atoms with van der Waals surface area (Å²) in [7, 11) is 0. The molecule has 0 unspecified atom stereocenters. The molecule has 0 bridgehead atoms. The van der Waals surface area contributed by atoms with Gasteiger partial charge in [0.25, 0.3) is 0 Å². The Balaban J connectivity index is 1.40. The molecular weight excluding hydrogens is 292 g/mol. The Bertz CT molecular complexity index is 698. The third-order valence-electron chi connectivity index (χ3n) is 4.54. The van der Waals surface area contributed by atoms with Crippen LogP contribution in [0, 0.1) is 12.8 Å². The Labute approximate surface area is 135 Å². The van der Waals surface area contributed by atoms with Gasteiger partial charge in [-0.3, -0.25) is 4.79 Å². The van der Waals surface area contributed by atoms with Gasteiger partial charge in [-0.2, -0.15) is 4.98 Å². The van der Waals surface area contributed by atoms with Crippen molar-refractivity contribution in [1.82, 2.24) is 15.0 Å². The molecule has 1 saturated heterocycles. The zero-order valence-corrected chi connectivity index (χ0v) is 13.2. The van der Waals surface area contributed by atoms with Crippen LogP contribution in [-0.2, 0) is 4.79 Å². The normalized spacial score (nSPS) is 18.3.